The summed E-state index contributed by atoms with van der Waals surface area (Å²) in [5.41, 5.74) is 1.18. The van der Waals surface area contributed by atoms with Crippen LogP contribution in [0.3, 0.4) is 0 Å². The maximum Gasteiger partial charge on any atom is 0.276 e. The van der Waals surface area contributed by atoms with Gasteiger partial charge >= 0.3 is 0 Å². The topological polar surface area (TPSA) is 64.2 Å². The maximum atomic E-state index is 13.0. The zero-order chi connectivity index (χ0) is 16.7. The van der Waals surface area contributed by atoms with E-state index in [9.17, 15) is 4.79 Å². The van der Waals surface area contributed by atoms with Gasteiger partial charge in [0.05, 0.1) is 11.1 Å². The molecule has 6 nitrogen and oxygen atoms in total. The average Bonchev–Trinajstić information content (AvgIpc) is 3.27. The van der Waals surface area contributed by atoms with Gasteiger partial charge in [-0.05, 0) is 25.7 Å². The van der Waals surface area contributed by atoms with Crippen LogP contribution in [0.5, 0.6) is 0 Å². The normalized spacial score (nSPS) is 21.8. The van der Waals surface area contributed by atoms with Gasteiger partial charge in [0.25, 0.3) is 5.91 Å². The minimum atomic E-state index is -0.102. The molecule has 128 valence electrons. The Morgan fingerprint density at radius 3 is 2.83 bits per heavy atom. The number of halogens is 1. The first-order chi connectivity index (χ1) is 11.6. The Balaban J connectivity index is 1.63. The largest absolute Gasteiger partial charge is 0.360 e. The van der Waals surface area contributed by atoms with E-state index in [1.165, 1.54) is 0 Å². The summed E-state index contributed by atoms with van der Waals surface area (Å²) in [6.45, 7) is 0.696. The molecule has 2 aromatic rings. The highest BCUT2D eigenvalue weighted by Gasteiger charge is 2.34. The highest BCUT2D eigenvalue weighted by atomic mass is 35.5. The average molecular weight is 349 g/mol. The van der Waals surface area contributed by atoms with Gasteiger partial charge in [0.15, 0.2) is 5.69 Å². The van der Waals surface area contributed by atoms with Gasteiger partial charge in [-0.2, -0.15) is 5.10 Å². The molecule has 1 amide bonds. The Morgan fingerprint density at radius 2 is 2.12 bits per heavy atom. The number of hydrogen-bond donors (Lipinski definition) is 0. The fourth-order valence-electron chi connectivity index (χ4n) is 3.44. The standard InChI is InChI=1S/C17H21ClN4O2/c1-21-10-12(18)16(19-21)14-5-3-2-4-8-22(14)17(23)13-9-15(24-20-13)11-6-7-11/h9-11,14H,2-8H2,1H3/t14-/m0/s1. The fourth-order valence-corrected chi connectivity index (χ4v) is 3.74. The van der Waals surface area contributed by atoms with Crippen LogP contribution in [0.15, 0.2) is 16.8 Å². The molecule has 1 atom stereocenters. The summed E-state index contributed by atoms with van der Waals surface area (Å²) in [7, 11) is 1.85. The molecule has 1 saturated carbocycles. The predicted octanol–water partition coefficient (Wildman–Crippen LogP) is 3.70. The summed E-state index contributed by atoms with van der Waals surface area (Å²) in [5.74, 6) is 1.20. The summed E-state index contributed by atoms with van der Waals surface area (Å²) in [5, 5.41) is 9.12. The van der Waals surface area contributed by atoms with Gasteiger partial charge in [-0.25, -0.2) is 0 Å². The van der Waals surface area contributed by atoms with Crippen LogP contribution < -0.4 is 0 Å². The van der Waals surface area contributed by atoms with Crippen molar-refractivity contribution in [2.24, 2.45) is 7.05 Å². The summed E-state index contributed by atoms with van der Waals surface area (Å²) in [4.78, 5) is 14.9. The third-order valence-corrected chi connectivity index (χ3v) is 5.16. The Labute approximate surface area is 145 Å². The van der Waals surface area contributed by atoms with E-state index in [2.05, 4.69) is 10.3 Å². The molecule has 0 spiro atoms. The lowest BCUT2D eigenvalue weighted by molar-refractivity contribution is 0.0666. The van der Waals surface area contributed by atoms with E-state index in [0.29, 0.717) is 23.2 Å². The molecule has 0 radical (unpaired) electrons. The molecule has 0 aromatic carbocycles. The van der Waals surface area contributed by atoms with E-state index in [1.54, 1.807) is 10.9 Å². The fraction of sp³-hybridized carbons (Fsp3) is 0.588. The highest BCUT2D eigenvalue weighted by Crippen LogP contribution is 2.40. The van der Waals surface area contributed by atoms with E-state index in [4.69, 9.17) is 16.1 Å². The van der Waals surface area contributed by atoms with Crippen molar-refractivity contribution in [3.63, 3.8) is 0 Å². The van der Waals surface area contributed by atoms with E-state index >= 15 is 0 Å². The summed E-state index contributed by atoms with van der Waals surface area (Å²) in [6.07, 6.45) is 8.06. The molecule has 24 heavy (non-hydrogen) atoms. The van der Waals surface area contributed by atoms with Crippen LogP contribution in [0.4, 0.5) is 0 Å². The highest BCUT2D eigenvalue weighted by molar-refractivity contribution is 6.31. The van der Waals surface area contributed by atoms with Crippen molar-refractivity contribution in [3.8, 4) is 0 Å². The van der Waals surface area contributed by atoms with Crippen LogP contribution in [0.2, 0.25) is 5.02 Å². The Kier molecular flexibility index (Phi) is 4.08. The number of amides is 1. The lowest BCUT2D eigenvalue weighted by Gasteiger charge is -2.28. The lowest BCUT2D eigenvalue weighted by atomic mass is 10.1. The number of likely N-dealkylation sites (tertiary alicyclic amines) is 1. The molecule has 0 bridgehead atoms. The number of aryl methyl sites for hydroxylation is 1. The van der Waals surface area contributed by atoms with Gasteiger partial charge in [0.2, 0.25) is 0 Å². The van der Waals surface area contributed by atoms with Crippen molar-refractivity contribution in [2.45, 2.75) is 50.5 Å². The van der Waals surface area contributed by atoms with Gasteiger partial charge in [-0.1, -0.05) is 29.6 Å². The van der Waals surface area contributed by atoms with Crippen LogP contribution in [-0.2, 0) is 7.05 Å². The van der Waals surface area contributed by atoms with Crippen molar-refractivity contribution in [1.29, 1.82) is 0 Å². The first kappa shape index (κ1) is 15.7. The molecule has 1 aliphatic heterocycles. The predicted molar refractivity (Wildman–Crippen MR) is 88.9 cm³/mol. The minimum Gasteiger partial charge on any atom is -0.360 e. The Hall–Kier alpha value is -1.82. The van der Waals surface area contributed by atoms with Crippen LogP contribution in [0.25, 0.3) is 0 Å². The molecule has 4 rings (SSSR count). The molecular weight excluding hydrogens is 328 g/mol. The van der Waals surface area contributed by atoms with Gasteiger partial charge < -0.3 is 9.42 Å². The molecule has 1 saturated heterocycles. The Bertz CT molecular complexity index is 750. The van der Waals surface area contributed by atoms with Crippen molar-refractivity contribution in [1.82, 2.24) is 19.8 Å². The molecule has 2 aromatic heterocycles. The quantitative estimate of drug-likeness (QED) is 0.848. The Morgan fingerprint density at radius 1 is 1.29 bits per heavy atom. The summed E-state index contributed by atoms with van der Waals surface area (Å²) >= 11 is 6.35. The summed E-state index contributed by atoms with van der Waals surface area (Å²) < 4.78 is 7.06. The van der Waals surface area contributed by atoms with Gasteiger partial charge in [-0.3, -0.25) is 9.48 Å². The van der Waals surface area contributed by atoms with Crippen molar-refractivity contribution in [3.05, 3.63) is 34.4 Å². The molecule has 3 heterocycles. The van der Waals surface area contributed by atoms with Crippen molar-refractivity contribution < 1.29 is 9.32 Å². The maximum absolute atomic E-state index is 13.0. The number of carbonyl (C=O) groups excluding carboxylic acids is 1. The summed E-state index contributed by atoms with van der Waals surface area (Å²) in [6, 6.07) is 1.71. The SMILES string of the molecule is Cn1cc(Cl)c([C@@H]2CCCCCN2C(=O)c2cc(C3CC3)on2)n1. The zero-order valence-electron chi connectivity index (χ0n) is 13.7. The number of carbonyl (C=O) groups is 1. The minimum absolute atomic E-state index is 0.0840. The van der Waals surface area contributed by atoms with E-state index in [1.807, 2.05) is 18.0 Å². The first-order valence-corrected chi connectivity index (χ1v) is 8.98. The van der Waals surface area contributed by atoms with Crippen molar-refractivity contribution >= 4 is 17.5 Å². The van der Waals surface area contributed by atoms with E-state index in [-0.39, 0.29) is 11.9 Å². The number of rotatable bonds is 3. The first-order valence-electron chi connectivity index (χ1n) is 8.60. The van der Waals surface area contributed by atoms with Crippen LogP contribution >= 0.6 is 11.6 Å². The smallest absolute Gasteiger partial charge is 0.276 e. The van der Waals surface area contributed by atoms with E-state index in [0.717, 1.165) is 50.0 Å². The molecule has 2 fully saturated rings. The van der Waals surface area contributed by atoms with Gasteiger partial charge in [-0.15, -0.1) is 0 Å². The van der Waals surface area contributed by atoms with Crippen LogP contribution in [-0.4, -0.2) is 32.3 Å². The molecular formula is C17H21ClN4O2. The van der Waals surface area contributed by atoms with Crippen molar-refractivity contribution in [2.75, 3.05) is 6.54 Å². The molecule has 0 unspecified atom stereocenters. The molecule has 7 heteroatoms. The second-order valence-electron chi connectivity index (χ2n) is 6.79. The third kappa shape index (κ3) is 2.95. The third-order valence-electron chi connectivity index (χ3n) is 4.87. The van der Waals surface area contributed by atoms with Crippen LogP contribution in [0, 0.1) is 0 Å². The lowest BCUT2D eigenvalue weighted by Crippen LogP contribution is -2.35. The van der Waals surface area contributed by atoms with Crippen LogP contribution in [0.1, 0.15) is 72.4 Å². The monoisotopic (exact) mass is 348 g/mol. The van der Waals surface area contributed by atoms with E-state index < -0.39 is 0 Å². The molecule has 1 aliphatic carbocycles. The number of hydrogen-bond acceptors (Lipinski definition) is 4. The van der Waals surface area contributed by atoms with Gasteiger partial charge in [0.1, 0.15) is 11.5 Å². The number of nitrogens with zero attached hydrogens (tertiary/aromatic N) is 4. The molecule has 0 N–H and O–H groups in total. The van der Waals surface area contributed by atoms with Gasteiger partial charge in [0, 0.05) is 31.8 Å². The zero-order valence-corrected chi connectivity index (χ0v) is 14.5. The number of aromatic nitrogens is 3. The second-order valence-corrected chi connectivity index (χ2v) is 7.20. The molecule has 2 aliphatic rings. The second kappa shape index (κ2) is 6.24.